The molecule has 4 heterocycles. The molecule has 1 saturated heterocycles. The molecule has 0 radical (unpaired) electrons. The minimum atomic E-state index is -0.0375. The standard InChI is InChI=1S/C19H24N6O/c1-24(2)18-14-7-10-25(19(26)15-6-4-9-21-15)12-16(14)22-17(23-18)13-5-3-8-20-11-13/h3,5,8,11,15,21H,4,6-7,9-10,12H2,1-2H3/t15-/m0/s1. The Hall–Kier alpha value is -2.54. The zero-order valence-corrected chi connectivity index (χ0v) is 15.3. The molecule has 0 spiro atoms. The minimum Gasteiger partial charge on any atom is -0.362 e. The van der Waals surface area contributed by atoms with E-state index in [0.717, 1.165) is 55.0 Å². The van der Waals surface area contributed by atoms with Gasteiger partial charge in [0.05, 0.1) is 18.3 Å². The van der Waals surface area contributed by atoms with Gasteiger partial charge in [0.1, 0.15) is 5.82 Å². The van der Waals surface area contributed by atoms with Crippen molar-refractivity contribution in [3.8, 4) is 11.4 Å². The summed E-state index contributed by atoms with van der Waals surface area (Å²) in [6, 6.07) is 3.81. The number of aromatic nitrogens is 3. The predicted octanol–water partition coefficient (Wildman–Crippen LogP) is 1.24. The molecule has 4 rings (SSSR count). The molecule has 1 fully saturated rings. The average Bonchev–Trinajstić information content (AvgIpc) is 3.21. The molecule has 136 valence electrons. The Kier molecular flexibility index (Phi) is 4.55. The first-order valence-corrected chi connectivity index (χ1v) is 9.13. The molecule has 2 aromatic heterocycles. The normalized spacial score (nSPS) is 19.3. The first-order chi connectivity index (χ1) is 12.6. The van der Waals surface area contributed by atoms with Gasteiger partial charge in [0.2, 0.25) is 5.91 Å². The number of nitrogens with zero attached hydrogens (tertiary/aromatic N) is 5. The first kappa shape index (κ1) is 16.9. The fraction of sp³-hybridized carbons (Fsp3) is 0.474. The molecule has 0 saturated carbocycles. The Balaban J connectivity index is 1.68. The summed E-state index contributed by atoms with van der Waals surface area (Å²) in [7, 11) is 3.99. The molecule has 26 heavy (non-hydrogen) atoms. The van der Waals surface area contributed by atoms with E-state index in [2.05, 4.69) is 10.3 Å². The SMILES string of the molecule is CN(C)c1nc(-c2cccnc2)nc2c1CCN(C(=O)[C@@H]1CCCN1)C2. The number of pyridine rings is 1. The Morgan fingerprint density at radius 2 is 2.23 bits per heavy atom. The van der Waals surface area contributed by atoms with Gasteiger partial charge in [0, 0.05) is 44.2 Å². The lowest BCUT2D eigenvalue weighted by Gasteiger charge is -2.32. The molecule has 2 aliphatic heterocycles. The number of rotatable bonds is 3. The Morgan fingerprint density at radius 1 is 1.35 bits per heavy atom. The zero-order chi connectivity index (χ0) is 18.1. The number of hydrogen-bond acceptors (Lipinski definition) is 6. The third-order valence-electron chi connectivity index (χ3n) is 5.06. The summed E-state index contributed by atoms with van der Waals surface area (Å²) < 4.78 is 0. The Labute approximate surface area is 153 Å². The van der Waals surface area contributed by atoms with E-state index in [1.54, 1.807) is 12.4 Å². The molecular weight excluding hydrogens is 328 g/mol. The van der Waals surface area contributed by atoms with Gasteiger partial charge < -0.3 is 15.1 Å². The van der Waals surface area contributed by atoms with E-state index in [1.807, 2.05) is 36.0 Å². The lowest BCUT2D eigenvalue weighted by molar-refractivity contribution is -0.134. The molecule has 1 N–H and O–H groups in total. The van der Waals surface area contributed by atoms with Gasteiger partial charge in [0.25, 0.3) is 0 Å². The van der Waals surface area contributed by atoms with E-state index in [9.17, 15) is 4.79 Å². The lowest BCUT2D eigenvalue weighted by atomic mass is 10.0. The number of amides is 1. The van der Waals surface area contributed by atoms with E-state index >= 15 is 0 Å². The Bertz CT molecular complexity index is 801. The summed E-state index contributed by atoms with van der Waals surface area (Å²) in [5.41, 5.74) is 2.98. The van der Waals surface area contributed by atoms with E-state index in [4.69, 9.17) is 9.97 Å². The van der Waals surface area contributed by atoms with E-state index < -0.39 is 0 Å². The van der Waals surface area contributed by atoms with Crippen LogP contribution in [0.5, 0.6) is 0 Å². The summed E-state index contributed by atoms with van der Waals surface area (Å²) >= 11 is 0. The van der Waals surface area contributed by atoms with Crippen LogP contribution in [0, 0.1) is 0 Å². The zero-order valence-electron chi connectivity index (χ0n) is 15.3. The molecule has 0 bridgehead atoms. The fourth-order valence-electron chi connectivity index (χ4n) is 3.71. The average molecular weight is 352 g/mol. The smallest absolute Gasteiger partial charge is 0.240 e. The third-order valence-corrected chi connectivity index (χ3v) is 5.06. The molecule has 0 aliphatic carbocycles. The molecule has 2 aliphatic rings. The predicted molar refractivity (Wildman–Crippen MR) is 99.7 cm³/mol. The van der Waals surface area contributed by atoms with Crippen LogP contribution in [0.15, 0.2) is 24.5 Å². The van der Waals surface area contributed by atoms with E-state index in [0.29, 0.717) is 12.4 Å². The second-order valence-electron chi connectivity index (χ2n) is 7.09. The van der Waals surface area contributed by atoms with E-state index in [-0.39, 0.29) is 11.9 Å². The van der Waals surface area contributed by atoms with Crippen LogP contribution in [0.1, 0.15) is 24.1 Å². The second kappa shape index (κ2) is 6.99. The van der Waals surface area contributed by atoms with Gasteiger partial charge in [-0.15, -0.1) is 0 Å². The largest absolute Gasteiger partial charge is 0.362 e. The maximum Gasteiger partial charge on any atom is 0.240 e. The van der Waals surface area contributed by atoms with Crippen LogP contribution in [0.2, 0.25) is 0 Å². The maximum absolute atomic E-state index is 12.8. The third kappa shape index (κ3) is 3.14. The van der Waals surface area contributed by atoms with Crippen LogP contribution in [-0.2, 0) is 17.8 Å². The highest BCUT2D eigenvalue weighted by molar-refractivity contribution is 5.82. The van der Waals surface area contributed by atoms with Crippen molar-refractivity contribution in [3.05, 3.63) is 35.8 Å². The van der Waals surface area contributed by atoms with Gasteiger partial charge in [-0.1, -0.05) is 0 Å². The summed E-state index contributed by atoms with van der Waals surface area (Å²) in [6.07, 6.45) is 6.29. The number of nitrogens with one attached hydrogen (secondary N) is 1. The molecule has 7 nitrogen and oxygen atoms in total. The number of carbonyl (C=O) groups is 1. The highest BCUT2D eigenvalue weighted by Gasteiger charge is 2.31. The number of carbonyl (C=O) groups excluding carboxylic acids is 1. The fourth-order valence-corrected chi connectivity index (χ4v) is 3.71. The highest BCUT2D eigenvalue weighted by Crippen LogP contribution is 2.29. The lowest BCUT2D eigenvalue weighted by Crippen LogP contribution is -2.46. The van der Waals surface area contributed by atoms with Crippen LogP contribution in [0.3, 0.4) is 0 Å². The van der Waals surface area contributed by atoms with Crippen LogP contribution >= 0.6 is 0 Å². The molecular formula is C19H24N6O. The van der Waals surface area contributed by atoms with Crippen molar-refractivity contribution in [3.63, 3.8) is 0 Å². The topological polar surface area (TPSA) is 74.2 Å². The summed E-state index contributed by atoms with van der Waals surface area (Å²) in [5, 5.41) is 3.30. The first-order valence-electron chi connectivity index (χ1n) is 9.13. The van der Waals surface area contributed by atoms with Crippen molar-refractivity contribution >= 4 is 11.7 Å². The van der Waals surface area contributed by atoms with Gasteiger partial charge in [-0.05, 0) is 37.9 Å². The molecule has 7 heteroatoms. The number of hydrogen-bond donors (Lipinski definition) is 1. The summed E-state index contributed by atoms with van der Waals surface area (Å²) in [5.74, 6) is 1.79. The minimum absolute atomic E-state index is 0.0375. The molecule has 1 amide bonds. The number of anilines is 1. The van der Waals surface area contributed by atoms with Crippen LogP contribution in [0.4, 0.5) is 5.82 Å². The molecule has 2 aromatic rings. The van der Waals surface area contributed by atoms with Crippen molar-refractivity contribution in [1.29, 1.82) is 0 Å². The van der Waals surface area contributed by atoms with E-state index in [1.165, 1.54) is 0 Å². The van der Waals surface area contributed by atoms with Crippen molar-refractivity contribution < 1.29 is 4.79 Å². The molecule has 0 aromatic carbocycles. The van der Waals surface area contributed by atoms with Gasteiger partial charge in [-0.2, -0.15) is 0 Å². The van der Waals surface area contributed by atoms with Crippen molar-refractivity contribution in [2.45, 2.75) is 31.8 Å². The second-order valence-corrected chi connectivity index (χ2v) is 7.09. The van der Waals surface area contributed by atoms with Gasteiger partial charge in [-0.25, -0.2) is 9.97 Å². The Morgan fingerprint density at radius 3 is 2.92 bits per heavy atom. The molecule has 0 unspecified atom stereocenters. The van der Waals surface area contributed by atoms with Crippen molar-refractivity contribution in [2.75, 3.05) is 32.1 Å². The van der Waals surface area contributed by atoms with Crippen LogP contribution in [-0.4, -0.2) is 59.0 Å². The van der Waals surface area contributed by atoms with Crippen molar-refractivity contribution in [1.82, 2.24) is 25.2 Å². The quantitative estimate of drug-likeness (QED) is 0.896. The van der Waals surface area contributed by atoms with Crippen molar-refractivity contribution in [2.24, 2.45) is 0 Å². The highest BCUT2D eigenvalue weighted by atomic mass is 16.2. The monoisotopic (exact) mass is 352 g/mol. The summed E-state index contributed by atoms with van der Waals surface area (Å²) in [6.45, 7) is 2.20. The van der Waals surface area contributed by atoms with Gasteiger partial charge in [0.15, 0.2) is 5.82 Å². The van der Waals surface area contributed by atoms with Gasteiger partial charge >= 0.3 is 0 Å². The maximum atomic E-state index is 12.8. The molecule has 1 atom stereocenters. The van der Waals surface area contributed by atoms with Crippen LogP contribution < -0.4 is 10.2 Å². The van der Waals surface area contributed by atoms with Gasteiger partial charge in [-0.3, -0.25) is 9.78 Å². The number of fused-ring (bicyclic) bond motifs is 1. The van der Waals surface area contributed by atoms with Crippen LogP contribution in [0.25, 0.3) is 11.4 Å². The summed E-state index contributed by atoms with van der Waals surface area (Å²) in [4.78, 5) is 30.5.